The molecule has 1 fully saturated rings. The first-order chi connectivity index (χ1) is 16.2. The summed E-state index contributed by atoms with van der Waals surface area (Å²) in [6.07, 6.45) is -1.69. The van der Waals surface area contributed by atoms with Crippen LogP contribution in [0.15, 0.2) is 24.5 Å². The Labute approximate surface area is 191 Å². The molecule has 4 heterocycles. The number of nitriles is 1. The topological polar surface area (TPSA) is 108 Å². The summed E-state index contributed by atoms with van der Waals surface area (Å²) in [6, 6.07) is 3.85. The maximum absolute atomic E-state index is 14.0. The maximum Gasteiger partial charge on any atom is 0.425 e. The number of nitrogens with one attached hydrogen (secondary N) is 1. The number of imidazole rings is 1. The number of rotatable bonds is 5. The minimum Gasteiger partial charge on any atom is -0.480 e. The van der Waals surface area contributed by atoms with E-state index < -0.39 is 41.2 Å². The van der Waals surface area contributed by atoms with Gasteiger partial charge < -0.3 is 15.0 Å². The van der Waals surface area contributed by atoms with Crippen LogP contribution in [0.1, 0.15) is 24.8 Å². The highest BCUT2D eigenvalue weighted by molar-refractivity contribution is 5.78. The highest BCUT2D eigenvalue weighted by Gasteiger charge is 2.41. The van der Waals surface area contributed by atoms with Crippen molar-refractivity contribution in [1.29, 1.82) is 5.26 Å². The predicted molar refractivity (Wildman–Crippen MR) is 111 cm³/mol. The van der Waals surface area contributed by atoms with Gasteiger partial charge in [-0.25, -0.2) is 14.4 Å². The number of piperidine rings is 1. The fourth-order valence-corrected chi connectivity index (χ4v) is 3.88. The summed E-state index contributed by atoms with van der Waals surface area (Å²) in [5.74, 6) is -2.36. The summed E-state index contributed by atoms with van der Waals surface area (Å²) in [5, 5.41) is 11.6. The molecule has 4 rings (SSSR count). The van der Waals surface area contributed by atoms with Gasteiger partial charge in [-0.15, -0.1) is 0 Å². The van der Waals surface area contributed by atoms with Gasteiger partial charge in [0.05, 0.1) is 19.4 Å². The van der Waals surface area contributed by atoms with Gasteiger partial charge in [0, 0.05) is 25.3 Å². The van der Waals surface area contributed by atoms with Crippen LogP contribution in [0.5, 0.6) is 5.88 Å². The van der Waals surface area contributed by atoms with E-state index in [4.69, 9.17) is 10.00 Å². The highest BCUT2D eigenvalue weighted by atomic mass is 19.4. The Morgan fingerprint density at radius 3 is 2.85 bits per heavy atom. The third-order valence-corrected chi connectivity index (χ3v) is 5.40. The van der Waals surface area contributed by atoms with E-state index in [1.54, 1.807) is 6.07 Å². The van der Waals surface area contributed by atoms with Crippen LogP contribution in [0.3, 0.4) is 0 Å². The lowest BCUT2D eigenvalue weighted by atomic mass is 10.0. The first kappa shape index (κ1) is 23.2. The molecule has 0 radical (unpaired) electrons. The molecule has 0 bridgehead atoms. The lowest BCUT2D eigenvalue weighted by Gasteiger charge is -2.33. The number of hydrogen-bond donors (Lipinski definition) is 1. The van der Waals surface area contributed by atoms with Crippen molar-refractivity contribution in [2.75, 3.05) is 25.5 Å². The van der Waals surface area contributed by atoms with Crippen LogP contribution in [0, 0.1) is 17.1 Å². The monoisotopic (exact) mass is 477 g/mol. The third-order valence-electron chi connectivity index (χ3n) is 5.40. The molecular formula is C21H19F4N7O2. The van der Waals surface area contributed by atoms with Gasteiger partial charge in [0.15, 0.2) is 11.4 Å². The van der Waals surface area contributed by atoms with Gasteiger partial charge in [0.2, 0.25) is 11.8 Å². The molecule has 1 N–H and O–H groups in total. The number of amides is 1. The lowest BCUT2D eigenvalue weighted by molar-refractivity contribution is -0.138. The molecule has 0 spiro atoms. The van der Waals surface area contributed by atoms with Crippen molar-refractivity contribution in [3.63, 3.8) is 0 Å². The number of alkyl halides is 3. The normalized spacial score (nSPS) is 16.4. The zero-order chi connectivity index (χ0) is 24.5. The van der Waals surface area contributed by atoms with Gasteiger partial charge in [-0.05, 0) is 25.0 Å². The molecule has 3 aromatic rings. The molecule has 1 aliphatic heterocycles. The molecule has 0 saturated carbocycles. The summed E-state index contributed by atoms with van der Waals surface area (Å²) in [6.45, 7) is 0.525. The second kappa shape index (κ2) is 9.12. The first-order valence-corrected chi connectivity index (χ1v) is 10.3. The van der Waals surface area contributed by atoms with Crippen LogP contribution in [0.4, 0.5) is 23.4 Å². The molecule has 1 saturated heterocycles. The number of likely N-dealkylation sites (tertiary alicyclic amines) is 1. The smallest absolute Gasteiger partial charge is 0.425 e. The van der Waals surface area contributed by atoms with Crippen molar-refractivity contribution in [1.82, 2.24) is 24.3 Å². The van der Waals surface area contributed by atoms with E-state index in [1.165, 1.54) is 27.6 Å². The fraction of sp³-hybridized carbons (Fsp3) is 0.381. The van der Waals surface area contributed by atoms with Crippen LogP contribution in [0.25, 0.3) is 17.2 Å². The third kappa shape index (κ3) is 4.57. The van der Waals surface area contributed by atoms with Crippen molar-refractivity contribution < 1.29 is 27.1 Å². The first-order valence-electron chi connectivity index (χ1n) is 10.3. The maximum atomic E-state index is 14.0. The van der Waals surface area contributed by atoms with Gasteiger partial charge in [0.25, 0.3) is 0 Å². The minimum atomic E-state index is -4.84. The molecule has 9 nitrogen and oxygen atoms in total. The average Bonchev–Trinajstić information content (AvgIpc) is 3.21. The van der Waals surface area contributed by atoms with Gasteiger partial charge >= 0.3 is 6.18 Å². The Morgan fingerprint density at radius 1 is 1.35 bits per heavy atom. The molecule has 34 heavy (non-hydrogen) atoms. The Morgan fingerprint density at radius 2 is 2.15 bits per heavy atom. The van der Waals surface area contributed by atoms with Crippen molar-refractivity contribution in [3.05, 3.63) is 35.9 Å². The lowest BCUT2D eigenvalue weighted by Crippen LogP contribution is -2.45. The second-order valence-corrected chi connectivity index (χ2v) is 7.65. The molecule has 1 aliphatic rings. The van der Waals surface area contributed by atoms with E-state index in [9.17, 15) is 22.4 Å². The average molecular weight is 477 g/mol. The summed E-state index contributed by atoms with van der Waals surface area (Å²) >= 11 is 0. The van der Waals surface area contributed by atoms with Crippen LogP contribution < -0.4 is 10.1 Å². The SMILES string of the molecule is COc1nc(-c2cnc3ccc(F)cn23)nc(N[C@@H]2CCCN(C(=O)CC#N)C2)c1C(F)(F)F. The standard InChI is InChI=1S/C21H19F4N7O2/c1-34-20-17(21(23,24)25)19(28-13-3-2-8-31(11-13)16(33)6-7-26)29-18(30-20)14-9-27-15-5-4-12(22)10-32(14)15/h4-5,9-10,13H,2-3,6,8,11H2,1H3,(H,28,29,30)/t13-/m1/s1. The zero-order valence-electron chi connectivity index (χ0n) is 17.9. The van der Waals surface area contributed by atoms with E-state index in [1.807, 2.05) is 0 Å². The van der Waals surface area contributed by atoms with E-state index in [2.05, 4.69) is 20.3 Å². The van der Waals surface area contributed by atoms with Gasteiger partial charge in [-0.2, -0.15) is 23.4 Å². The van der Waals surface area contributed by atoms with Gasteiger partial charge in [0.1, 0.15) is 29.4 Å². The Kier molecular flexibility index (Phi) is 6.23. The number of carbonyl (C=O) groups excluding carboxylic acids is 1. The molecule has 0 aromatic carbocycles. The van der Waals surface area contributed by atoms with Gasteiger partial charge in [-0.1, -0.05) is 0 Å². The molecular weight excluding hydrogens is 458 g/mol. The molecule has 0 aliphatic carbocycles. The quantitative estimate of drug-likeness (QED) is 0.562. The minimum absolute atomic E-state index is 0.111. The second-order valence-electron chi connectivity index (χ2n) is 7.65. The Bertz CT molecular complexity index is 1270. The van der Waals surface area contributed by atoms with E-state index in [-0.39, 0.29) is 24.5 Å². The molecule has 1 atom stereocenters. The number of fused-ring (bicyclic) bond motifs is 1. The number of hydrogen-bond acceptors (Lipinski definition) is 7. The largest absolute Gasteiger partial charge is 0.480 e. The number of nitrogens with zero attached hydrogens (tertiary/aromatic N) is 6. The summed E-state index contributed by atoms with van der Waals surface area (Å²) < 4.78 is 62.0. The number of ether oxygens (including phenoxy) is 1. The number of pyridine rings is 1. The number of carbonyl (C=O) groups is 1. The molecule has 178 valence electrons. The molecule has 3 aromatic heterocycles. The van der Waals surface area contributed by atoms with Crippen LogP contribution in [-0.4, -0.2) is 56.4 Å². The highest BCUT2D eigenvalue weighted by Crippen LogP contribution is 2.41. The zero-order valence-corrected chi connectivity index (χ0v) is 17.9. The number of halogens is 4. The van der Waals surface area contributed by atoms with E-state index >= 15 is 0 Å². The fourth-order valence-electron chi connectivity index (χ4n) is 3.88. The summed E-state index contributed by atoms with van der Waals surface area (Å²) in [7, 11) is 1.06. The van der Waals surface area contributed by atoms with Crippen LogP contribution in [-0.2, 0) is 11.0 Å². The number of methoxy groups -OCH3 is 1. The van der Waals surface area contributed by atoms with Crippen LogP contribution >= 0.6 is 0 Å². The van der Waals surface area contributed by atoms with E-state index in [0.29, 0.717) is 25.0 Å². The van der Waals surface area contributed by atoms with Crippen molar-refractivity contribution in [2.24, 2.45) is 0 Å². The van der Waals surface area contributed by atoms with Crippen molar-refractivity contribution >= 4 is 17.4 Å². The van der Waals surface area contributed by atoms with Crippen molar-refractivity contribution in [2.45, 2.75) is 31.5 Å². The molecule has 13 heteroatoms. The summed E-state index contributed by atoms with van der Waals surface area (Å²) in [5.41, 5.74) is -0.675. The Hall–Kier alpha value is -3.95. The predicted octanol–water partition coefficient (Wildman–Crippen LogP) is 3.27. The Balaban J connectivity index is 1.76. The van der Waals surface area contributed by atoms with Gasteiger partial charge in [-0.3, -0.25) is 9.20 Å². The molecule has 0 unspecified atom stereocenters. The molecule has 1 amide bonds. The van der Waals surface area contributed by atoms with Crippen molar-refractivity contribution in [3.8, 4) is 23.5 Å². The summed E-state index contributed by atoms with van der Waals surface area (Å²) in [4.78, 5) is 25.7. The number of aromatic nitrogens is 4. The van der Waals surface area contributed by atoms with E-state index in [0.717, 1.165) is 13.3 Å². The number of anilines is 1. The van der Waals surface area contributed by atoms with Crippen LogP contribution in [0.2, 0.25) is 0 Å².